The number of nitrogens with zero attached hydrogens (tertiary/aromatic N) is 5. The summed E-state index contributed by atoms with van der Waals surface area (Å²) >= 11 is 5.77. The molecule has 0 N–H and O–H groups in total. The first-order valence-electron chi connectivity index (χ1n) is 4.71. The van der Waals surface area contributed by atoms with Crippen molar-refractivity contribution in [2.24, 2.45) is 25.4 Å². The summed E-state index contributed by atoms with van der Waals surface area (Å²) in [6, 6.07) is 6.85. The van der Waals surface area contributed by atoms with Crippen LogP contribution in [0.4, 0.5) is 0 Å². The van der Waals surface area contributed by atoms with Gasteiger partial charge in [0, 0.05) is 10.6 Å². The standard InChI is InChI=1S/C10H4ClN5O/c11-6-3-1-5(2-4-6)8-12-9-7(10(17)13-8)14-16-15-9/h1-4H. The molecular formula is C10H4ClN5O. The summed E-state index contributed by atoms with van der Waals surface area (Å²) in [5.41, 5.74) is 0.777. The Balaban J connectivity index is 2.05. The first-order valence-corrected chi connectivity index (χ1v) is 5.08. The molecule has 0 saturated heterocycles. The second kappa shape index (κ2) is 3.67. The first-order chi connectivity index (χ1) is 8.24. The van der Waals surface area contributed by atoms with E-state index in [1.54, 1.807) is 24.3 Å². The molecule has 1 amide bonds. The van der Waals surface area contributed by atoms with Crippen molar-refractivity contribution in [2.75, 3.05) is 0 Å². The van der Waals surface area contributed by atoms with Gasteiger partial charge in [-0.05, 0) is 29.5 Å². The summed E-state index contributed by atoms with van der Waals surface area (Å²) in [6.07, 6.45) is 0. The topological polar surface area (TPSA) is 78.9 Å². The van der Waals surface area contributed by atoms with Crippen molar-refractivity contribution < 1.29 is 4.79 Å². The molecular weight excluding hydrogens is 242 g/mol. The number of rotatable bonds is 1. The molecule has 2 heterocycles. The Hall–Kier alpha value is -2.21. The third-order valence-electron chi connectivity index (χ3n) is 2.22. The maximum absolute atomic E-state index is 11.6. The Morgan fingerprint density at radius 1 is 1.00 bits per heavy atom. The second-order valence-corrected chi connectivity index (χ2v) is 3.76. The molecule has 7 heteroatoms. The Labute approximate surface area is 100 Å². The van der Waals surface area contributed by atoms with Gasteiger partial charge in [-0.3, -0.25) is 4.79 Å². The number of amidine groups is 2. The number of halogens is 1. The van der Waals surface area contributed by atoms with Crippen LogP contribution in [0.1, 0.15) is 5.56 Å². The molecule has 1 aromatic carbocycles. The maximum atomic E-state index is 11.6. The number of hydrogen-bond acceptors (Lipinski definition) is 5. The summed E-state index contributed by atoms with van der Waals surface area (Å²) in [6.45, 7) is 0. The van der Waals surface area contributed by atoms with Crippen LogP contribution in [0.25, 0.3) is 0 Å². The van der Waals surface area contributed by atoms with Gasteiger partial charge in [0.05, 0.1) is 0 Å². The highest BCUT2D eigenvalue weighted by molar-refractivity contribution is 6.69. The zero-order valence-corrected chi connectivity index (χ0v) is 9.09. The van der Waals surface area contributed by atoms with Crippen molar-refractivity contribution in [3.63, 3.8) is 0 Å². The van der Waals surface area contributed by atoms with E-state index >= 15 is 0 Å². The van der Waals surface area contributed by atoms with Crippen LogP contribution in [0, 0.1) is 0 Å². The Morgan fingerprint density at radius 3 is 2.53 bits per heavy atom. The normalized spacial score (nSPS) is 17.5. The summed E-state index contributed by atoms with van der Waals surface area (Å²) in [5, 5.41) is 11.2. The molecule has 0 atom stereocenters. The lowest BCUT2D eigenvalue weighted by Crippen LogP contribution is -2.25. The predicted octanol–water partition coefficient (Wildman–Crippen LogP) is 1.85. The Bertz CT molecular complexity index is 627. The van der Waals surface area contributed by atoms with Crippen molar-refractivity contribution in [2.45, 2.75) is 0 Å². The Morgan fingerprint density at radius 2 is 1.76 bits per heavy atom. The van der Waals surface area contributed by atoms with Gasteiger partial charge in [0.15, 0.2) is 5.84 Å². The number of hydrogen-bond donors (Lipinski definition) is 0. The average molecular weight is 246 g/mol. The van der Waals surface area contributed by atoms with Gasteiger partial charge in [-0.25, -0.2) is 4.99 Å². The number of carbonyl (C=O) groups is 1. The van der Waals surface area contributed by atoms with Crippen LogP contribution < -0.4 is 0 Å². The van der Waals surface area contributed by atoms with Gasteiger partial charge >= 0.3 is 5.91 Å². The quantitative estimate of drug-likeness (QED) is 0.743. The van der Waals surface area contributed by atoms with Gasteiger partial charge in [0.1, 0.15) is 0 Å². The average Bonchev–Trinajstić information content (AvgIpc) is 2.78. The van der Waals surface area contributed by atoms with Crippen LogP contribution in [0.3, 0.4) is 0 Å². The molecule has 0 aliphatic carbocycles. The molecule has 0 unspecified atom stereocenters. The third kappa shape index (κ3) is 1.68. The van der Waals surface area contributed by atoms with Gasteiger partial charge in [-0.15, -0.1) is 10.2 Å². The van der Waals surface area contributed by atoms with Gasteiger partial charge < -0.3 is 0 Å². The first kappa shape index (κ1) is 9.98. The van der Waals surface area contributed by atoms with E-state index in [1.165, 1.54) is 0 Å². The molecule has 0 fully saturated rings. The van der Waals surface area contributed by atoms with Gasteiger partial charge in [-0.2, -0.15) is 4.99 Å². The van der Waals surface area contributed by atoms with E-state index in [2.05, 4.69) is 25.4 Å². The molecule has 0 spiro atoms. The zero-order valence-electron chi connectivity index (χ0n) is 8.33. The highest BCUT2D eigenvalue weighted by Gasteiger charge is 2.27. The van der Waals surface area contributed by atoms with Crippen molar-refractivity contribution in [1.82, 2.24) is 0 Å². The minimum absolute atomic E-state index is 0.0858. The van der Waals surface area contributed by atoms with Crippen molar-refractivity contribution in [1.29, 1.82) is 0 Å². The van der Waals surface area contributed by atoms with E-state index in [0.29, 0.717) is 16.4 Å². The van der Waals surface area contributed by atoms with Crippen molar-refractivity contribution in [3.8, 4) is 0 Å². The molecule has 82 valence electrons. The molecule has 0 radical (unpaired) electrons. The summed E-state index contributed by atoms with van der Waals surface area (Å²) in [5.74, 6) is 0.0152. The largest absolute Gasteiger partial charge is 0.303 e. The fraction of sp³-hybridized carbons (Fsp3) is 0. The van der Waals surface area contributed by atoms with Crippen molar-refractivity contribution in [3.05, 3.63) is 34.9 Å². The molecule has 0 aromatic heterocycles. The molecule has 3 rings (SSSR count). The fourth-order valence-electron chi connectivity index (χ4n) is 1.42. The van der Waals surface area contributed by atoms with Crippen LogP contribution in [0.5, 0.6) is 0 Å². The van der Waals surface area contributed by atoms with Gasteiger partial charge in [0.2, 0.25) is 11.5 Å². The predicted molar refractivity (Wildman–Crippen MR) is 62.7 cm³/mol. The number of amides is 1. The van der Waals surface area contributed by atoms with E-state index in [4.69, 9.17) is 11.6 Å². The lowest BCUT2D eigenvalue weighted by atomic mass is 10.2. The molecule has 0 bridgehead atoms. The van der Waals surface area contributed by atoms with Gasteiger partial charge in [-0.1, -0.05) is 11.6 Å². The highest BCUT2D eigenvalue weighted by Crippen LogP contribution is 2.15. The molecule has 1 aromatic rings. The smallest absolute Gasteiger partial charge is 0.265 e. The highest BCUT2D eigenvalue weighted by atomic mass is 35.5. The lowest BCUT2D eigenvalue weighted by molar-refractivity contribution is -0.111. The van der Waals surface area contributed by atoms with Crippen LogP contribution in [0.2, 0.25) is 5.02 Å². The maximum Gasteiger partial charge on any atom is 0.303 e. The lowest BCUT2D eigenvalue weighted by Gasteiger charge is -2.06. The van der Waals surface area contributed by atoms with Crippen molar-refractivity contribution >= 4 is 34.9 Å². The molecule has 2 aliphatic rings. The number of benzene rings is 1. The summed E-state index contributed by atoms with van der Waals surface area (Å²) in [7, 11) is 0. The SMILES string of the molecule is O=C1N=C(c2ccc(Cl)cc2)N=C2N=NN=C12. The van der Waals surface area contributed by atoms with Crippen LogP contribution >= 0.6 is 11.6 Å². The molecule has 0 saturated carbocycles. The second-order valence-electron chi connectivity index (χ2n) is 3.32. The minimum Gasteiger partial charge on any atom is -0.265 e. The van der Waals surface area contributed by atoms with E-state index in [1.807, 2.05) is 0 Å². The number of carbonyl (C=O) groups excluding carboxylic acids is 1. The van der Waals surface area contributed by atoms with Crippen LogP contribution in [-0.2, 0) is 4.79 Å². The summed E-state index contributed by atoms with van der Waals surface area (Å²) < 4.78 is 0. The fourth-order valence-corrected chi connectivity index (χ4v) is 1.54. The van der Waals surface area contributed by atoms with E-state index < -0.39 is 5.91 Å². The van der Waals surface area contributed by atoms with E-state index in [9.17, 15) is 4.79 Å². The molecule has 17 heavy (non-hydrogen) atoms. The van der Waals surface area contributed by atoms with E-state index in [-0.39, 0.29) is 11.5 Å². The van der Waals surface area contributed by atoms with Gasteiger partial charge in [0.25, 0.3) is 0 Å². The number of fused-ring (bicyclic) bond motifs is 1. The monoisotopic (exact) mass is 245 g/mol. The Kier molecular flexibility index (Phi) is 2.15. The van der Waals surface area contributed by atoms with Crippen LogP contribution in [0.15, 0.2) is 49.7 Å². The van der Waals surface area contributed by atoms with Crippen LogP contribution in [-0.4, -0.2) is 23.3 Å². The third-order valence-corrected chi connectivity index (χ3v) is 2.47. The van der Waals surface area contributed by atoms with E-state index in [0.717, 1.165) is 0 Å². The minimum atomic E-state index is -0.482. The molecule has 6 nitrogen and oxygen atoms in total. The zero-order chi connectivity index (χ0) is 11.8. The number of aliphatic imine (C=N–C) groups is 2. The summed E-state index contributed by atoms with van der Waals surface area (Å²) in [4.78, 5) is 19.5. The molecule has 2 aliphatic heterocycles.